The summed E-state index contributed by atoms with van der Waals surface area (Å²) in [6, 6.07) is 3.10. The lowest BCUT2D eigenvalue weighted by Gasteiger charge is -2.22. The highest BCUT2D eigenvalue weighted by Gasteiger charge is 2.30. The predicted octanol–water partition coefficient (Wildman–Crippen LogP) is 3.02. The number of halogens is 1. The number of carbonyl (C=O) groups excluding carboxylic acids is 1. The molecule has 0 saturated carbocycles. The molecule has 0 fully saturated rings. The number of hydrogen-bond acceptors (Lipinski definition) is 5. The van der Waals surface area contributed by atoms with Gasteiger partial charge in [-0.3, -0.25) is 0 Å². The zero-order valence-corrected chi connectivity index (χ0v) is 13.8. The highest BCUT2D eigenvalue weighted by atomic mass is 35.5. The third-order valence-electron chi connectivity index (χ3n) is 3.48. The van der Waals surface area contributed by atoms with Crippen LogP contribution in [-0.2, 0) is 12.0 Å². The Kier molecular flexibility index (Phi) is 3.89. The van der Waals surface area contributed by atoms with Gasteiger partial charge in [0.25, 0.3) is 5.89 Å². The van der Waals surface area contributed by atoms with E-state index >= 15 is 0 Å². The number of ether oxygens (including phenoxy) is 1. The van der Waals surface area contributed by atoms with Crippen LogP contribution in [0.5, 0.6) is 5.75 Å². The highest BCUT2D eigenvalue weighted by molar-refractivity contribution is 6.31. The number of urea groups is 1. The number of nitrogens with zero attached hydrogens (tertiary/aromatic N) is 2. The molecule has 0 aliphatic carbocycles. The van der Waals surface area contributed by atoms with Gasteiger partial charge in [0.2, 0.25) is 0 Å². The molecule has 0 atom stereocenters. The lowest BCUT2D eigenvalue weighted by Crippen LogP contribution is -2.43. The van der Waals surface area contributed by atoms with Gasteiger partial charge in [-0.05, 0) is 32.9 Å². The summed E-state index contributed by atoms with van der Waals surface area (Å²) in [4.78, 5) is 16.5. The fraction of sp³-hybridized carbons (Fsp3) is 0.400. The first-order valence-corrected chi connectivity index (χ1v) is 7.58. The molecule has 3 rings (SSSR count). The van der Waals surface area contributed by atoms with Crippen molar-refractivity contribution >= 4 is 23.3 Å². The number of carbonyl (C=O) groups is 1. The molecule has 0 spiro atoms. The van der Waals surface area contributed by atoms with E-state index in [0.717, 1.165) is 12.0 Å². The van der Waals surface area contributed by atoms with Gasteiger partial charge in [0.1, 0.15) is 11.3 Å². The maximum atomic E-state index is 12.3. The minimum atomic E-state index is -0.812. The van der Waals surface area contributed by atoms with Crippen LogP contribution in [0.4, 0.5) is 10.5 Å². The molecule has 122 valence electrons. The van der Waals surface area contributed by atoms with Crippen LogP contribution in [-0.4, -0.2) is 22.8 Å². The van der Waals surface area contributed by atoms with Crippen molar-refractivity contribution < 1.29 is 14.1 Å². The SMILES string of the molecule is Cc1noc(C(C)(C)NC(=O)Nc2cc(Cl)cc3c2OCC3)n1. The lowest BCUT2D eigenvalue weighted by atomic mass is 10.1. The number of aromatic nitrogens is 2. The molecule has 23 heavy (non-hydrogen) atoms. The molecule has 2 N–H and O–H groups in total. The second-order valence-electron chi connectivity index (χ2n) is 5.89. The maximum absolute atomic E-state index is 12.3. The number of rotatable bonds is 3. The van der Waals surface area contributed by atoms with E-state index in [-0.39, 0.29) is 0 Å². The third-order valence-corrected chi connectivity index (χ3v) is 3.70. The first kappa shape index (κ1) is 15.6. The van der Waals surface area contributed by atoms with E-state index in [9.17, 15) is 4.79 Å². The molecule has 0 unspecified atom stereocenters. The molecule has 0 bridgehead atoms. The van der Waals surface area contributed by atoms with Gasteiger partial charge in [-0.25, -0.2) is 4.79 Å². The number of nitrogens with one attached hydrogen (secondary N) is 2. The number of hydrogen-bond donors (Lipinski definition) is 2. The minimum absolute atomic E-state index is 0.331. The maximum Gasteiger partial charge on any atom is 0.320 e. The molecule has 0 saturated heterocycles. The van der Waals surface area contributed by atoms with Crippen LogP contribution in [0.25, 0.3) is 0 Å². The van der Waals surface area contributed by atoms with Crippen LogP contribution in [0.3, 0.4) is 0 Å². The normalized spacial score (nSPS) is 13.4. The zero-order valence-electron chi connectivity index (χ0n) is 13.1. The molecule has 1 aromatic heterocycles. The molecule has 1 aromatic carbocycles. The van der Waals surface area contributed by atoms with E-state index in [4.69, 9.17) is 20.9 Å². The Morgan fingerprint density at radius 2 is 2.17 bits per heavy atom. The number of anilines is 1. The van der Waals surface area contributed by atoms with Crippen molar-refractivity contribution in [1.29, 1.82) is 0 Å². The van der Waals surface area contributed by atoms with Crippen molar-refractivity contribution in [2.24, 2.45) is 0 Å². The fourth-order valence-corrected chi connectivity index (χ4v) is 2.64. The summed E-state index contributed by atoms with van der Waals surface area (Å²) in [5, 5.41) is 9.86. The van der Waals surface area contributed by atoms with Crippen molar-refractivity contribution in [2.75, 3.05) is 11.9 Å². The standard InChI is InChI=1S/C15H17ClN4O3/c1-8-17-13(23-20-8)15(2,3)19-14(21)18-11-7-10(16)6-9-4-5-22-12(9)11/h6-7H,4-5H2,1-3H3,(H2,18,19,21). The average molecular weight is 337 g/mol. The van der Waals surface area contributed by atoms with Gasteiger partial charge in [0.15, 0.2) is 5.82 Å². The number of aryl methyl sites for hydroxylation is 1. The number of fused-ring (bicyclic) bond motifs is 1. The van der Waals surface area contributed by atoms with Crippen molar-refractivity contribution in [3.8, 4) is 5.75 Å². The van der Waals surface area contributed by atoms with Gasteiger partial charge < -0.3 is 19.9 Å². The summed E-state index contributed by atoms with van der Waals surface area (Å²) in [7, 11) is 0. The molecule has 7 nitrogen and oxygen atoms in total. The number of benzene rings is 1. The van der Waals surface area contributed by atoms with Crippen LogP contribution in [0.1, 0.15) is 31.1 Å². The van der Waals surface area contributed by atoms with Gasteiger partial charge in [0, 0.05) is 17.0 Å². The van der Waals surface area contributed by atoms with Crippen molar-refractivity contribution in [2.45, 2.75) is 32.7 Å². The Labute approximate surface area is 138 Å². The topological polar surface area (TPSA) is 89.3 Å². The van der Waals surface area contributed by atoms with Gasteiger partial charge in [-0.15, -0.1) is 0 Å². The summed E-state index contributed by atoms with van der Waals surface area (Å²) in [6.45, 7) is 5.85. The molecule has 8 heteroatoms. The van der Waals surface area contributed by atoms with Crippen molar-refractivity contribution in [3.63, 3.8) is 0 Å². The summed E-state index contributed by atoms with van der Waals surface area (Å²) < 4.78 is 10.7. The monoisotopic (exact) mass is 336 g/mol. The fourth-order valence-electron chi connectivity index (χ4n) is 2.40. The van der Waals surface area contributed by atoms with E-state index in [2.05, 4.69) is 20.8 Å². The van der Waals surface area contributed by atoms with Gasteiger partial charge >= 0.3 is 6.03 Å². The van der Waals surface area contributed by atoms with E-state index in [1.54, 1.807) is 26.8 Å². The summed E-state index contributed by atoms with van der Waals surface area (Å²) >= 11 is 6.08. The van der Waals surface area contributed by atoms with Gasteiger partial charge in [0.05, 0.1) is 12.3 Å². The van der Waals surface area contributed by atoms with Gasteiger partial charge in [-0.2, -0.15) is 4.98 Å². The summed E-state index contributed by atoms with van der Waals surface area (Å²) in [5.74, 6) is 1.50. The number of amides is 2. The van der Waals surface area contributed by atoms with Crippen molar-refractivity contribution in [1.82, 2.24) is 15.5 Å². The summed E-state index contributed by atoms with van der Waals surface area (Å²) in [5.41, 5.74) is 0.716. The minimum Gasteiger partial charge on any atom is -0.491 e. The zero-order chi connectivity index (χ0) is 16.6. The molecule has 2 aromatic rings. The molecule has 1 aliphatic rings. The Bertz CT molecular complexity index is 757. The first-order chi connectivity index (χ1) is 10.8. The Hall–Kier alpha value is -2.28. The molecule has 2 amide bonds. The van der Waals surface area contributed by atoms with Crippen LogP contribution in [0.15, 0.2) is 16.7 Å². The quantitative estimate of drug-likeness (QED) is 0.899. The van der Waals surface area contributed by atoms with E-state index in [1.165, 1.54) is 0 Å². The molecule has 1 aliphatic heterocycles. The second kappa shape index (κ2) is 5.73. The van der Waals surface area contributed by atoms with E-state index < -0.39 is 11.6 Å². The lowest BCUT2D eigenvalue weighted by molar-refractivity contribution is 0.228. The molecule has 2 heterocycles. The molecular weight excluding hydrogens is 320 g/mol. The van der Waals surface area contributed by atoms with Crippen LogP contribution < -0.4 is 15.4 Å². The van der Waals surface area contributed by atoms with Crippen LogP contribution in [0.2, 0.25) is 5.02 Å². The highest BCUT2D eigenvalue weighted by Crippen LogP contribution is 2.36. The van der Waals surface area contributed by atoms with Gasteiger partial charge in [-0.1, -0.05) is 16.8 Å². The average Bonchev–Trinajstić information content (AvgIpc) is 3.06. The molecular formula is C15H17ClN4O3. The third kappa shape index (κ3) is 3.24. The Morgan fingerprint density at radius 3 is 2.87 bits per heavy atom. The molecule has 0 radical (unpaired) electrons. The predicted molar refractivity (Wildman–Crippen MR) is 84.9 cm³/mol. The smallest absolute Gasteiger partial charge is 0.320 e. The van der Waals surface area contributed by atoms with Crippen molar-refractivity contribution in [3.05, 3.63) is 34.4 Å². The summed E-state index contributed by atoms with van der Waals surface area (Å²) in [6.07, 6.45) is 0.777. The van der Waals surface area contributed by atoms with E-state index in [0.29, 0.717) is 34.8 Å². The van der Waals surface area contributed by atoms with Crippen LogP contribution in [0, 0.1) is 6.92 Å². The second-order valence-corrected chi connectivity index (χ2v) is 6.33. The Morgan fingerprint density at radius 1 is 1.39 bits per heavy atom. The van der Waals surface area contributed by atoms with Crippen LogP contribution >= 0.6 is 11.6 Å². The Balaban J connectivity index is 1.75. The van der Waals surface area contributed by atoms with E-state index in [1.807, 2.05) is 6.07 Å². The largest absolute Gasteiger partial charge is 0.491 e. The first-order valence-electron chi connectivity index (χ1n) is 7.20.